The quantitative estimate of drug-likeness (QED) is 0.551. The van der Waals surface area contributed by atoms with Gasteiger partial charge in [0.15, 0.2) is 0 Å². The van der Waals surface area contributed by atoms with Gasteiger partial charge in [-0.05, 0) is 42.5 Å². The van der Waals surface area contributed by atoms with Crippen molar-refractivity contribution < 1.29 is 0 Å². The van der Waals surface area contributed by atoms with E-state index in [-0.39, 0.29) is 0 Å². The molecule has 0 radical (unpaired) electrons. The van der Waals surface area contributed by atoms with Crippen LogP contribution < -0.4 is 0 Å². The molecule has 2 rings (SSSR count). The van der Waals surface area contributed by atoms with Gasteiger partial charge in [-0.25, -0.2) is 0 Å². The van der Waals surface area contributed by atoms with Crippen molar-refractivity contribution in [1.82, 2.24) is 0 Å². The van der Waals surface area contributed by atoms with E-state index in [1.54, 1.807) is 0 Å². The van der Waals surface area contributed by atoms with Gasteiger partial charge in [0.1, 0.15) is 0 Å². The summed E-state index contributed by atoms with van der Waals surface area (Å²) < 4.78 is 0. The van der Waals surface area contributed by atoms with E-state index in [9.17, 15) is 0 Å². The van der Waals surface area contributed by atoms with Crippen molar-refractivity contribution in [3.8, 4) is 0 Å². The normalized spacial score (nSPS) is 19.7. The molecule has 0 aromatic heterocycles. The highest BCUT2D eigenvalue weighted by atomic mass is 14.3. The van der Waals surface area contributed by atoms with Crippen LogP contribution in [0, 0.1) is 13.8 Å². The molecule has 12 heavy (non-hydrogen) atoms. The second kappa shape index (κ2) is 2.48. The van der Waals surface area contributed by atoms with Gasteiger partial charge >= 0.3 is 0 Å². The Morgan fingerprint density at radius 2 is 2.00 bits per heavy atom. The molecule has 0 N–H and O–H groups in total. The number of rotatable bonds is 1. The summed E-state index contributed by atoms with van der Waals surface area (Å²) >= 11 is 0. The first kappa shape index (κ1) is 7.60. The number of hydrogen-bond donors (Lipinski definition) is 0. The first-order valence-electron chi connectivity index (χ1n) is 4.45. The van der Waals surface area contributed by atoms with E-state index in [0.717, 1.165) is 0 Å². The Morgan fingerprint density at radius 1 is 1.33 bits per heavy atom. The summed E-state index contributed by atoms with van der Waals surface area (Å²) in [5, 5.41) is 0. The van der Waals surface area contributed by atoms with Crippen molar-refractivity contribution >= 4 is 0 Å². The van der Waals surface area contributed by atoms with Crippen LogP contribution in [0.1, 0.15) is 28.2 Å². The van der Waals surface area contributed by atoms with Crippen LogP contribution in [0.15, 0.2) is 24.8 Å². The standard InChI is InChI=1S/C12H14/c1-4-10-7-11-5-8(2)9(3)6-12(10)11/h4-6,10H,1,7H2,2-3H3. The van der Waals surface area contributed by atoms with Crippen molar-refractivity contribution in [2.75, 3.05) is 0 Å². The zero-order valence-electron chi connectivity index (χ0n) is 7.72. The topological polar surface area (TPSA) is 0 Å². The second-order valence-corrected chi connectivity index (χ2v) is 3.68. The molecule has 1 aromatic carbocycles. The second-order valence-electron chi connectivity index (χ2n) is 3.68. The van der Waals surface area contributed by atoms with E-state index in [1.165, 1.54) is 28.7 Å². The smallest absolute Gasteiger partial charge is 0.00586 e. The summed E-state index contributed by atoms with van der Waals surface area (Å²) in [5.74, 6) is 0.624. The van der Waals surface area contributed by atoms with Crippen LogP contribution in [0.2, 0.25) is 0 Å². The molecule has 0 spiro atoms. The maximum absolute atomic E-state index is 3.83. The van der Waals surface area contributed by atoms with Crippen LogP contribution in [0.3, 0.4) is 0 Å². The number of allylic oxidation sites excluding steroid dienone is 1. The van der Waals surface area contributed by atoms with Gasteiger partial charge in [-0.3, -0.25) is 0 Å². The van der Waals surface area contributed by atoms with E-state index in [4.69, 9.17) is 0 Å². The van der Waals surface area contributed by atoms with Crippen molar-refractivity contribution in [3.05, 3.63) is 47.0 Å². The molecule has 0 fully saturated rings. The first-order valence-corrected chi connectivity index (χ1v) is 4.45. The fourth-order valence-corrected chi connectivity index (χ4v) is 1.85. The molecule has 1 aliphatic carbocycles. The zero-order valence-corrected chi connectivity index (χ0v) is 7.72. The Hall–Kier alpha value is -1.04. The van der Waals surface area contributed by atoms with Crippen LogP contribution >= 0.6 is 0 Å². The van der Waals surface area contributed by atoms with Gasteiger partial charge in [0, 0.05) is 5.92 Å². The molecule has 1 aliphatic rings. The third-order valence-electron chi connectivity index (χ3n) is 2.88. The molecule has 0 amide bonds. The Morgan fingerprint density at radius 3 is 2.67 bits per heavy atom. The molecule has 0 saturated heterocycles. The van der Waals surface area contributed by atoms with Gasteiger partial charge in [0.05, 0.1) is 0 Å². The average molecular weight is 158 g/mol. The maximum Gasteiger partial charge on any atom is 0.00586 e. The lowest BCUT2D eigenvalue weighted by Gasteiger charge is -2.28. The Kier molecular flexibility index (Phi) is 1.57. The lowest BCUT2D eigenvalue weighted by Crippen LogP contribution is -2.15. The summed E-state index contributed by atoms with van der Waals surface area (Å²) in [6.45, 7) is 8.19. The molecule has 0 saturated carbocycles. The van der Waals surface area contributed by atoms with Crippen LogP contribution in [0.25, 0.3) is 0 Å². The summed E-state index contributed by atoms with van der Waals surface area (Å²) in [6.07, 6.45) is 3.25. The minimum atomic E-state index is 0.624. The summed E-state index contributed by atoms with van der Waals surface area (Å²) in [4.78, 5) is 0. The number of fused-ring (bicyclic) bond motifs is 1. The van der Waals surface area contributed by atoms with E-state index >= 15 is 0 Å². The summed E-state index contributed by atoms with van der Waals surface area (Å²) in [6, 6.07) is 4.62. The highest BCUT2D eigenvalue weighted by Crippen LogP contribution is 2.37. The fraction of sp³-hybridized carbons (Fsp3) is 0.333. The van der Waals surface area contributed by atoms with Crippen LogP contribution in [0.4, 0.5) is 0 Å². The Balaban J connectivity index is 2.48. The van der Waals surface area contributed by atoms with E-state index in [1.807, 2.05) is 0 Å². The van der Waals surface area contributed by atoms with Gasteiger partial charge in [0.25, 0.3) is 0 Å². The monoisotopic (exact) mass is 158 g/mol. The number of hydrogen-bond acceptors (Lipinski definition) is 0. The average Bonchev–Trinajstić information content (AvgIpc) is 2.04. The molecular weight excluding hydrogens is 144 g/mol. The molecule has 0 heteroatoms. The molecule has 0 aliphatic heterocycles. The Bertz CT molecular complexity index is 334. The van der Waals surface area contributed by atoms with E-state index in [0.29, 0.717) is 5.92 Å². The van der Waals surface area contributed by atoms with Gasteiger partial charge < -0.3 is 0 Å². The van der Waals surface area contributed by atoms with E-state index < -0.39 is 0 Å². The largest absolute Gasteiger partial charge is 0.102 e. The lowest BCUT2D eigenvalue weighted by atomic mass is 9.76. The van der Waals surface area contributed by atoms with Gasteiger partial charge in [-0.1, -0.05) is 18.2 Å². The molecule has 1 unspecified atom stereocenters. The third kappa shape index (κ3) is 0.911. The molecule has 1 aromatic rings. The van der Waals surface area contributed by atoms with Crippen LogP contribution in [0.5, 0.6) is 0 Å². The zero-order chi connectivity index (χ0) is 8.72. The maximum atomic E-state index is 3.83. The highest BCUT2D eigenvalue weighted by Gasteiger charge is 2.23. The van der Waals surface area contributed by atoms with Gasteiger partial charge in [-0.2, -0.15) is 0 Å². The van der Waals surface area contributed by atoms with Crippen molar-refractivity contribution in [2.24, 2.45) is 0 Å². The molecule has 0 nitrogen and oxygen atoms in total. The molecule has 0 heterocycles. The Labute approximate surface area is 73.9 Å². The predicted octanol–water partition coefficient (Wildman–Crippen LogP) is 3.13. The van der Waals surface area contributed by atoms with Gasteiger partial charge in [-0.15, -0.1) is 6.58 Å². The van der Waals surface area contributed by atoms with Crippen molar-refractivity contribution in [2.45, 2.75) is 26.2 Å². The van der Waals surface area contributed by atoms with E-state index in [2.05, 4.69) is 38.6 Å². The number of benzene rings is 1. The SMILES string of the molecule is C=CC1Cc2cc(C)c(C)cc21. The molecular formula is C12H14. The van der Waals surface area contributed by atoms with Crippen molar-refractivity contribution in [1.29, 1.82) is 0 Å². The van der Waals surface area contributed by atoms with Crippen LogP contribution in [-0.4, -0.2) is 0 Å². The van der Waals surface area contributed by atoms with Crippen molar-refractivity contribution in [3.63, 3.8) is 0 Å². The number of aryl methyl sites for hydroxylation is 2. The molecule has 1 atom stereocenters. The fourth-order valence-electron chi connectivity index (χ4n) is 1.85. The molecule has 0 bridgehead atoms. The predicted molar refractivity (Wildman–Crippen MR) is 52.6 cm³/mol. The highest BCUT2D eigenvalue weighted by molar-refractivity contribution is 5.47. The first-order chi connectivity index (χ1) is 5.72. The summed E-state index contributed by atoms with van der Waals surface area (Å²) in [5.41, 5.74) is 5.83. The van der Waals surface area contributed by atoms with Gasteiger partial charge in [0.2, 0.25) is 0 Å². The third-order valence-corrected chi connectivity index (χ3v) is 2.88. The van der Waals surface area contributed by atoms with Crippen LogP contribution in [-0.2, 0) is 6.42 Å². The minimum absolute atomic E-state index is 0.624. The minimum Gasteiger partial charge on any atom is -0.102 e. The lowest BCUT2D eigenvalue weighted by molar-refractivity contribution is 0.730. The summed E-state index contributed by atoms with van der Waals surface area (Å²) in [7, 11) is 0. The molecule has 62 valence electrons.